The first kappa shape index (κ1) is 5.67. The van der Waals surface area contributed by atoms with Gasteiger partial charge in [0.15, 0.2) is 0 Å². The highest BCUT2D eigenvalue weighted by Crippen LogP contribution is 2.14. The molecule has 0 saturated carbocycles. The third kappa shape index (κ3) is 1.62. The van der Waals surface area contributed by atoms with Crippen LogP contribution in [-0.2, 0) is 4.74 Å². The molecular formula is C9H12N2O. The van der Waals surface area contributed by atoms with Crippen LogP contribution in [0.5, 0.6) is 0 Å². The molecule has 0 aliphatic carbocycles. The van der Waals surface area contributed by atoms with Crippen LogP contribution < -0.4 is 5.32 Å². The Kier molecular flexibility index (Phi) is 1.72. The summed E-state index contributed by atoms with van der Waals surface area (Å²) in [7, 11) is 0. The normalized spacial score (nSPS) is 30.5. The van der Waals surface area contributed by atoms with Gasteiger partial charge < -0.3 is 10.1 Å². The van der Waals surface area contributed by atoms with Crippen LogP contribution in [0.4, 0.5) is 0 Å². The van der Waals surface area contributed by atoms with E-state index in [-0.39, 0.29) is 12.7 Å². The summed E-state index contributed by atoms with van der Waals surface area (Å²) in [4.78, 5) is 4.16. The maximum Gasteiger partial charge on any atom is 0.112 e. The molecular weight excluding hydrogens is 152 g/mol. The molecule has 3 nitrogen and oxygen atoms in total. The quantitative estimate of drug-likeness (QED) is 0.668. The maximum atomic E-state index is 7.39. The van der Waals surface area contributed by atoms with Gasteiger partial charge >= 0.3 is 0 Å². The Morgan fingerprint density at radius 1 is 1.67 bits per heavy atom. The molecule has 2 rings (SSSR count). The molecule has 64 valence electrons. The Morgan fingerprint density at radius 3 is 3.33 bits per heavy atom. The van der Waals surface area contributed by atoms with Crippen molar-refractivity contribution in [2.45, 2.75) is 6.10 Å². The van der Waals surface area contributed by atoms with Gasteiger partial charge in [-0.1, -0.05) is 6.07 Å². The monoisotopic (exact) mass is 166 g/mol. The molecule has 0 amide bonds. The number of aromatic nitrogens is 1. The Balaban J connectivity index is 2.03. The number of pyridine rings is 1. The van der Waals surface area contributed by atoms with Crippen molar-refractivity contribution < 1.29 is 7.48 Å². The number of ether oxygens (including phenoxy) is 1. The standard InChI is InChI=1S/C9H12N2O/c1-2-4-11-8(3-1)9-7-10-5-6-12-9/h1-4,9-10H,5-7H2/t9-/m0/s1/i5D2. The van der Waals surface area contributed by atoms with Crippen molar-refractivity contribution >= 4 is 0 Å². The molecule has 0 bridgehead atoms. The van der Waals surface area contributed by atoms with Gasteiger partial charge in [-0.15, -0.1) is 0 Å². The molecule has 1 aromatic rings. The minimum absolute atomic E-state index is 0.0637. The zero-order valence-electron chi connectivity index (χ0n) is 8.66. The Bertz CT molecular complexity index is 295. The fourth-order valence-corrected chi connectivity index (χ4v) is 1.17. The predicted octanol–water partition coefficient (Wildman–Crippen LogP) is 0.742. The van der Waals surface area contributed by atoms with E-state index in [2.05, 4.69) is 10.3 Å². The summed E-state index contributed by atoms with van der Waals surface area (Å²) < 4.78 is 20.2. The van der Waals surface area contributed by atoms with Crippen LogP contribution >= 0.6 is 0 Å². The average molecular weight is 166 g/mol. The lowest BCUT2D eigenvalue weighted by molar-refractivity contribution is 0.0250. The molecule has 1 aliphatic rings. The van der Waals surface area contributed by atoms with Crippen molar-refractivity contribution in [2.24, 2.45) is 0 Å². The first-order valence-corrected chi connectivity index (χ1v) is 3.95. The fourth-order valence-electron chi connectivity index (χ4n) is 1.17. The number of hydrogen-bond acceptors (Lipinski definition) is 3. The van der Waals surface area contributed by atoms with E-state index in [0.29, 0.717) is 6.54 Å². The topological polar surface area (TPSA) is 34.1 Å². The number of rotatable bonds is 1. The van der Waals surface area contributed by atoms with E-state index >= 15 is 0 Å². The molecule has 1 aromatic heterocycles. The molecule has 0 spiro atoms. The molecule has 1 fully saturated rings. The van der Waals surface area contributed by atoms with Crippen molar-refractivity contribution in [3.05, 3.63) is 30.1 Å². The molecule has 1 saturated heterocycles. The van der Waals surface area contributed by atoms with Crippen molar-refractivity contribution in [2.75, 3.05) is 19.6 Å². The van der Waals surface area contributed by atoms with Crippen LogP contribution in [0.15, 0.2) is 24.4 Å². The van der Waals surface area contributed by atoms with Crippen molar-refractivity contribution in [3.63, 3.8) is 0 Å². The molecule has 1 N–H and O–H groups in total. The minimum Gasteiger partial charge on any atom is -0.369 e. The van der Waals surface area contributed by atoms with Gasteiger partial charge in [-0.25, -0.2) is 0 Å². The summed E-state index contributed by atoms with van der Waals surface area (Å²) in [5, 5.41) is 2.78. The highest BCUT2D eigenvalue weighted by Gasteiger charge is 2.15. The van der Waals surface area contributed by atoms with Gasteiger partial charge in [-0.2, -0.15) is 0 Å². The van der Waals surface area contributed by atoms with Gasteiger partial charge in [0, 0.05) is 22.0 Å². The predicted molar refractivity (Wildman–Crippen MR) is 45.8 cm³/mol. The van der Waals surface area contributed by atoms with E-state index in [4.69, 9.17) is 7.48 Å². The summed E-state index contributed by atoms with van der Waals surface area (Å²) >= 11 is 0. The van der Waals surface area contributed by atoms with Crippen LogP contribution in [0.3, 0.4) is 0 Å². The van der Waals surface area contributed by atoms with Gasteiger partial charge in [0.25, 0.3) is 0 Å². The summed E-state index contributed by atoms with van der Waals surface area (Å²) in [6.07, 6.45) is 1.57. The zero-order chi connectivity index (χ0) is 10.0. The second kappa shape index (κ2) is 3.65. The highest BCUT2D eigenvalue weighted by atomic mass is 16.5. The van der Waals surface area contributed by atoms with Crippen molar-refractivity contribution in [3.8, 4) is 0 Å². The number of morpholine rings is 1. The van der Waals surface area contributed by atoms with Crippen molar-refractivity contribution in [1.29, 1.82) is 0 Å². The van der Waals surface area contributed by atoms with Crippen LogP contribution in [-0.4, -0.2) is 24.6 Å². The van der Waals surface area contributed by atoms with Gasteiger partial charge in [0.2, 0.25) is 0 Å². The lowest BCUT2D eigenvalue weighted by Gasteiger charge is -2.22. The van der Waals surface area contributed by atoms with Crippen molar-refractivity contribution in [1.82, 2.24) is 10.3 Å². The van der Waals surface area contributed by atoms with Crippen LogP contribution in [0.2, 0.25) is 0 Å². The second-order valence-electron chi connectivity index (χ2n) is 2.61. The summed E-state index contributed by atoms with van der Waals surface area (Å²) in [5.41, 5.74) is 0.843. The van der Waals surface area contributed by atoms with Gasteiger partial charge in [0.05, 0.1) is 12.3 Å². The minimum atomic E-state index is -1.41. The Labute approximate surface area is 74.6 Å². The summed E-state index contributed by atoms with van der Waals surface area (Å²) in [6, 6.07) is 5.63. The Hall–Kier alpha value is -0.930. The summed E-state index contributed by atoms with van der Waals surface area (Å²) in [6.45, 7) is -0.885. The van der Waals surface area contributed by atoms with Crippen LogP contribution in [0.1, 0.15) is 14.5 Å². The molecule has 12 heavy (non-hydrogen) atoms. The van der Waals surface area contributed by atoms with Gasteiger partial charge in [-0.05, 0) is 12.1 Å². The average Bonchev–Trinajstić information content (AvgIpc) is 2.19. The third-order valence-electron chi connectivity index (χ3n) is 1.79. The molecule has 0 radical (unpaired) electrons. The Morgan fingerprint density at radius 2 is 2.67 bits per heavy atom. The molecule has 3 heteroatoms. The SMILES string of the molecule is [2H]C1([2H])CO[C@H](c2ccccn2)CN1. The van der Waals surface area contributed by atoms with Crippen LogP contribution in [0.25, 0.3) is 0 Å². The maximum absolute atomic E-state index is 7.39. The molecule has 0 aromatic carbocycles. The fraction of sp³-hybridized carbons (Fsp3) is 0.444. The number of nitrogens with one attached hydrogen (secondary N) is 1. The molecule has 1 aliphatic heterocycles. The smallest absolute Gasteiger partial charge is 0.112 e. The number of hydrogen-bond donors (Lipinski definition) is 1. The summed E-state index contributed by atoms with van der Waals surface area (Å²) in [5.74, 6) is 0. The largest absolute Gasteiger partial charge is 0.369 e. The third-order valence-corrected chi connectivity index (χ3v) is 1.79. The first-order valence-electron chi connectivity index (χ1n) is 4.95. The molecule has 1 atom stereocenters. The molecule has 2 heterocycles. The van der Waals surface area contributed by atoms with Crippen LogP contribution in [0, 0.1) is 0 Å². The first-order chi connectivity index (χ1) is 6.67. The lowest BCUT2D eigenvalue weighted by Crippen LogP contribution is -2.33. The van der Waals surface area contributed by atoms with E-state index < -0.39 is 6.50 Å². The van der Waals surface area contributed by atoms with Gasteiger partial charge in [-0.3, -0.25) is 4.98 Å². The van der Waals surface area contributed by atoms with E-state index in [0.717, 1.165) is 5.69 Å². The van der Waals surface area contributed by atoms with Gasteiger partial charge in [0.1, 0.15) is 6.10 Å². The van der Waals surface area contributed by atoms with E-state index in [1.165, 1.54) is 0 Å². The van der Waals surface area contributed by atoms with E-state index in [1.54, 1.807) is 6.20 Å². The highest BCUT2D eigenvalue weighted by molar-refractivity contribution is 5.07. The molecule has 0 unspecified atom stereocenters. The number of nitrogens with zero attached hydrogens (tertiary/aromatic N) is 1. The second-order valence-corrected chi connectivity index (χ2v) is 2.61. The van der Waals surface area contributed by atoms with E-state index in [1.807, 2.05) is 18.2 Å². The zero-order valence-corrected chi connectivity index (χ0v) is 6.66. The van der Waals surface area contributed by atoms with E-state index in [9.17, 15) is 0 Å². The lowest BCUT2D eigenvalue weighted by atomic mass is 10.2.